The lowest BCUT2D eigenvalue weighted by molar-refractivity contribution is -0.130. The SMILES string of the molecule is CC(C)(C)NC(=O)[C@@H]1CNCCN1C[C@@H](O)C[C@@H](Cc1ccccc1)C(=O)NC1c2ccccc2C[C@H]1O. The van der Waals surface area contributed by atoms with Gasteiger partial charge < -0.3 is 26.2 Å². The molecular weight excluding hydrogens is 480 g/mol. The Bertz CT molecular complexity index is 1090. The van der Waals surface area contributed by atoms with Gasteiger partial charge in [0.15, 0.2) is 0 Å². The maximum absolute atomic E-state index is 13.6. The zero-order valence-electron chi connectivity index (χ0n) is 22.7. The summed E-state index contributed by atoms with van der Waals surface area (Å²) < 4.78 is 0. The number of amides is 2. The van der Waals surface area contributed by atoms with E-state index in [1.807, 2.05) is 80.3 Å². The second-order valence-corrected chi connectivity index (χ2v) is 11.7. The van der Waals surface area contributed by atoms with Crippen LogP contribution in [0.3, 0.4) is 0 Å². The van der Waals surface area contributed by atoms with Crippen molar-refractivity contribution >= 4 is 11.8 Å². The smallest absolute Gasteiger partial charge is 0.239 e. The van der Waals surface area contributed by atoms with Crippen LogP contribution in [0.5, 0.6) is 0 Å². The lowest BCUT2D eigenvalue weighted by Gasteiger charge is -2.38. The number of piperazine rings is 1. The van der Waals surface area contributed by atoms with Crippen molar-refractivity contribution in [2.24, 2.45) is 5.92 Å². The molecule has 2 aromatic carbocycles. The highest BCUT2D eigenvalue weighted by atomic mass is 16.3. The van der Waals surface area contributed by atoms with Crippen LogP contribution in [0.25, 0.3) is 0 Å². The van der Waals surface area contributed by atoms with Crippen LogP contribution in [0, 0.1) is 5.92 Å². The Hall–Kier alpha value is -2.78. The van der Waals surface area contributed by atoms with Crippen LogP contribution >= 0.6 is 0 Å². The fourth-order valence-electron chi connectivity index (χ4n) is 5.55. The van der Waals surface area contributed by atoms with Gasteiger partial charge in [0, 0.05) is 44.1 Å². The molecular formula is C30H42N4O4. The maximum Gasteiger partial charge on any atom is 0.239 e. The van der Waals surface area contributed by atoms with Gasteiger partial charge in [-0.1, -0.05) is 54.6 Å². The Morgan fingerprint density at radius 1 is 1.11 bits per heavy atom. The summed E-state index contributed by atoms with van der Waals surface area (Å²) in [6.07, 6.45) is -0.236. The third-order valence-corrected chi connectivity index (χ3v) is 7.35. The van der Waals surface area contributed by atoms with Crippen molar-refractivity contribution in [2.75, 3.05) is 26.2 Å². The molecule has 8 nitrogen and oxygen atoms in total. The van der Waals surface area contributed by atoms with Crippen molar-refractivity contribution in [3.8, 4) is 0 Å². The number of β-amino-alcohol motifs (C(OH)–C–C–N with tert-alkyl or cyclic N) is 1. The van der Waals surface area contributed by atoms with Crippen molar-refractivity contribution in [1.29, 1.82) is 0 Å². The number of aliphatic hydroxyl groups is 2. The molecule has 4 rings (SSSR count). The Kier molecular flexibility index (Phi) is 9.20. The van der Waals surface area contributed by atoms with Crippen LogP contribution in [0.2, 0.25) is 0 Å². The molecule has 0 aromatic heterocycles. The number of carbonyl (C=O) groups excluding carboxylic acids is 2. The summed E-state index contributed by atoms with van der Waals surface area (Å²) >= 11 is 0. The number of nitrogens with zero attached hydrogens (tertiary/aromatic N) is 1. The van der Waals surface area contributed by atoms with Gasteiger partial charge >= 0.3 is 0 Å². The maximum atomic E-state index is 13.6. The Morgan fingerprint density at radius 3 is 2.55 bits per heavy atom. The molecule has 5 atom stereocenters. The van der Waals surface area contributed by atoms with E-state index in [4.69, 9.17) is 0 Å². The Morgan fingerprint density at radius 2 is 1.82 bits per heavy atom. The fraction of sp³-hybridized carbons (Fsp3) is 0.533. The van der Waals surface area contributed by atoms with Crippen molar-refractivity contribution in [3.63, 3.8) is 0 Å². The third-order valence-electron chi connectivity index (χ3n) is 7.35. The molecule has 8 heteroatoms. The van der Waals surface area contributed by atoms with Gasteiger partial charge in [0.1, 0.15) is 6.04 Å². The second kappa shape index (κ2) is 12.4. The molecule has 1 unspecified atom stereocenters. The number of hydrogen-bond acceptors (Lipinski definition) is 6. The summed E-state index contributed by atoms with van der Waals surface area (Å²) in [5.74, 6) is -0.738. The van der Waals surface area contributed by atoms with E-state index in [1.54, 1.807) is 0 Å². The summed E-state index contributed by atoms with van der Waals surface area (Å²) in [4.78, 5) is 28.5. The minimum absolute atomic E-state index is 0.0654. The van der Waals surface area contributed by atoms with E-state index in [1.165, 1.54) is 0 Å². The van der Waals surface area contributed by atoms with E-state index < -0.39 is 24.2 Å². The average Bonchev–Trinajstić information content (AvgIpc) is 3.18. The summed E-state index contributed by atoms with van der Waals surface area (Å²) in [5.41, 5.74) is 2.65. The minimum atomic E-state index is -0.793. The molecule has 5 N–H and O–H groups in total. The van der Waals surface area contributed by atoms with Crippen molar-refractivity contribution < 1.29 is 19.8 Å². The molecule has 0 radical (unpaired) electrons. The van der Waals surface area contributed by atoms with Crippen molar-refractivity contribution in [2.45, 2.75) is 69.9 Å². The van der Waals surface area contributed by atoms with Crippen LogP contribution in [0.1, 0.15) is 49.9 Å². The van der Waals surface area contributed by atoms with E-state index in [9.17, 15) is 19.8 Å². The first-order valence-electron chi connectivity index (χ1n) is 13.7. The molecule has 1 aliphatic carbocycles. The number of nitrogens with one attached hydrogen (secondary N) is 3. The zero-order chi connectivity index (χ0) is 27.3. The lowest BCUT2D eigenvalue weighted by atomic mass is 9.91. The van der Waals surface area contributed by atoms with Crippen molar-refractivity contribution in [1.82, 2.24) is 20.9 Å². The highest BCUT2D eigenvalue weighted by Gasteiger charge is 2.35. The van der Waals surface area contributed by atoms with Crippen LogP contribution in [-0.4, -0.2) is 76.9 Å². The summed E-state index contributed by atoms with van der Waals surface area (Å²) in [6, 6.07) is 16.7. The monoisotopic (exact) mass is 522 g/mol. The molecule has 206 valence electrons. The summed E-state index contributed by atoms with van der Waals surface area (Å²) in [5, 5.41) is 31.3. The van der Waals surface area contributed by atoms with E-state index in [0.717, 1.165) is 23.2 Å². The average molecular weight is 523 g/mol. The van der Waals surface area contributed by atoms with Crippen LogP contribution in [-0.2, 0) is 22.4 Å². The van der Waals surface area contributed by atoms with Gasteiger partial charge in [0.25, 0.3) is 0 Å². The van der Waals surface area contributed by atoms with Gasteiger partial charge in [-0.05, 0) is 50.3 Å². The summed E-state index contributed by atoms with van der Waals surface area (Å²) in [7, 11) is 0. The Balaban J connectivity index is 1.45. The number of carbonyl (C=O) groups is 2. The number of rotatable bonds is 9. The van der Waals surface area contributed by atoms with Gasteiger partial charge in [-0.25, -0.2) is 0 Å². The van der Waals surface area contributed by atoms with Gasteiger partial charge in [0.05, 0.1) is 18.2 Å². The van der Waals surface area contributed by atoms with E-state index >= 15 is 0 Å². The molecule has 1 saturated heterocycles. The second-order valence-electron chi connectivity index (χ2n) is 11.7. The standard InChI is InChI=1S/C30H42N4O4/c1-30(2,3)33-29(38)25-18-31-13-14-34(25)19-23(35)16-22(15-20-9-5-4-6-10-20)28(37)32-27-24-12-8-7-11-21(24)17-26(27)36/h4-12,22-23,25-27,31,35-36H,13-19H2,1-3H3,(H,32,37)(H,33,38)/t22-,23+,25+,26-,27?/m1/s1. The molecule has 2 aromatic rings. The number of aliphatic hydroxyl groups excluding tert-OH is 2. The van der Waals surface area contributed by atoms with Crippen LogP contribution in [0.15, 0.2) is 54.6 Å². The molecule has 0 bridgehead atoms. The molecule has 1 heterocycles. The number of benzene rings is 2. The normalized spacial score (nSPS) is 23.3. The minimum Gasteiger partial charge on any atom is -0.392 e. The predicted octanol–water partition coefficient (Wildman–Crippen LogP) is 1.56. The lowest BCUT2D eigenvalue weighted by Crippen LogP contribution is -2.61. The molecule has 0 saturated carbocycles. The quantitative estimate of drug-likeness (QED) is 0.342. The first-order valence-corrected chi connectivity index (χ1v) is 13.7. The third kappa shape index (κ3) is 7.41. The zero-order valence-corrected chi connectivity index (χ0v) is 22.7. The van der Waals surface area contributed by atoms with E-state index in [-0.39, 0.29) is 29.8 Å². The summed E-state index contributed by atoms with van der Waals surface area (Å²) in [6.45, 7) is 8.05. The number of fused-ring (bicyclic) bond motifs is 1. The predicted molar refractivity (Wildman–Crippen MR) is 147 cm³/mol. The molecule has 2 amide bonds. The molecule has 38 heavy (non-hydrogen) atoms. The first-order chi connectivity index (χ1) is 18.1. The van der Waals surface area contributed by atoms with Gasteiger partial charge in [-0.3, -0.25) is 14.5 Å². The van der Waals surface area contributed by atoms with E-state index in [0.29, 0.717) is 32.5 Å². The molecule has 0 spiro atoms. The Labute approximate surface area is 225 Å². The van der Waals surface area contributed by atoms with Crippen LogP contribution < -0.4 is 16.0 Å². The van der Waals surface area contributed by atoms with Gasteiger partial charge in [0.2, 0.25) is 11.8 Å². The van der Waals surface area contributed by atoms with Gasteiger partial charge in [-0.15, -0.1) is 0 Å². The van der Waals surface area contributed by atoms with E-state index in [2.05, 4.69) is 16.0 Å². The van der Waals surface area contributed by atoms with Gasteiger partial charge in [-0.2, -0.15) is 0 Å². The van der Waals surface area contributed by atoms with Crippen molar-refractivity contribution in [3.05, 3.63) is 71.3 Å². The topological polar surface area (TPSA) is 114 Å². The molecule has 2 aliphatic rings. The highest BCUT2D eigenvalue weighted by molar-refractivity contribution is 5.83. The fourth-order valence-corrected chi connectivity index (χ4v) is 5.55. The highest BCUT2D eigenvalue weighted by Crippen LogP contribution is 2.32. The van der Waals surface area contributed by atoms with Crippen LogP contribution in [0.4, 0.5) is 0 Å². The molecule has 1 fully saturated rings. The largest absolute Gasteiger partial charge is 0.392 e. The first kappa shape index (κ1) is 28.2. The number of hydrogen-bond donors (Lipinski definition) is 5. The molecule has 1 aliphatic heterocycles.